The minimum absolute atomic E-state index is 0.103. The van der Waals surface area contributed by atoms with E-state index in [0.717, 1.165) is 5.56 Å². The molecule has 8 nitrogen and oxygen atoms in total. The third kappa shape index (κ3) is 5.16. The molecule has 0 spiro atoms. The number of aromatic nitrogens is 1. The van der Waals surface area contributed by atoms with Crippen molar-refractivity contribution in [1.29, 1.82) is 0 Å². The van der Waals surface area contributed by atoms with Crippen LogP contribution in [0, 0.1) is 0 Å². The lowest BCUT2D eigenvalue weighted by Gasteiger charge is -2.36. The van der Waals surface area contributed by atoms with Crippen LogP contribution in [0.1, 0.15) is 29.8 Å². The molecule has 0 N–H and O–H groups in total. The SMILES string of the molecule is CCN(CC)S(=O)(=O)N1CCN(C(=O)c2ccc(OCc3cccnc3)cc2)CC1. The van der Waals surface area contributed by atoms with E-state index in [2.05, 4.69) is 4.98 Å². The second-order valence-corrected chi connectivity index (χ2v) is 8.89. The number of pyridine rings is 1. The van der Waals surface area contributed by atoms with Crippen molar-refractivity contribution >= 4 is 16.1 Å². The van der Waals surface area contributed by atoms with Gasteiger partial charge in [0.05, 0.1) is 0 Å². The second kappa shape index (κ2) is 10.0. The predicted molar refractivity (Wildman–Crippen MR) is 114 cm³/mol. The number of hydrogen-bond acceptors (Lipinski definition) is 5. The van der Waals surface area contributed by atoms with Gasteiger partial charge in [0.1, 0.15) is 12.4 Å². The van der Waals surface area contributed by atoms with E-state index in [1.54, 1.807) is 41.6 Å². The molecular weight excluding hydrogens is 404 g/mol. The van der Waals surface area contributed by atoms with Gasteiger partial charge in [0, 0.05) is 62.8 Å². The van der Waals surface area contributed by atoms with Gasteiger partial charge in [-0.25, -0.2) is 0 Å². The third-order valence-corrected chi connectivity index (χ3v) is 7.30. The summed E-state index contributed by atoms with van der Waals surface area (Å²) >= 11 is 0. The number of rotatable bonds is 8. The molecule has 30 heavy (non-hydrogen) atoms. The van der Waals surface area contributed by atoms with Gasteiger partial charge in [0.15, 0.2) is 0 Å². The zero-order chi connectivity index (χ0) is 21.6. The maximum Gasteiger partial charge on any atom is 0.282 e. The highest BCUT2D eigenvalue weighted by Gasteiger charge is 2.32. The highest BCUT2D eigenvalue weighted by atomic mass is 32.2. The van der Waals surface area contributed by atoms with E-state index in [1.165, 1.54) is 8.61 Å². The Morgan fingerprint density at radius 2 is 1.73 bits per heavy atom. The van der Waals surface area contributed by atoms with Crippen molar-refractivity contribution < 1.29 is 17.9 Å². The molecule has 2 aromatic rings. The maximum absolute atomic E-state index is 12.8. The minimum Gasteiger partial charge on any atom is -0.489 e. The Morgan fingerprint density at radius 1 is 1.07 bits per heavy atom. The summed E-state index contributed by atoms with van der Waals surface area (Å²) in [5.41, 5.74) is 1.53. The van der Waals surface area contributed by atoms with Crippen LogP contribution >= 0.6 is 0 Å². The summed E-state index contributed by atoms with van der Waals surface area (Å²) in [5.74, 6) is 0.569. The van der Waals surface area contributed by atoms with Gasteiger partial charge < -0.3 is 9.64 Å². The van der Waals surface area contributed by atoms with Crippen LogP contribution in [0.2, 0.25) is 0 Å². The molecule has 0 bridgehead atoms. The van der Waals surface area contributed by atoms with E-state index in [9.17, 15) is 13.2 Å². The van der Waals surface area contributed by atoms with E-state index in [-0.39, 0.29) is 5.91 Å². The monoisotopic (exact) mass is 432 g/mol. The number of benzene rings is 1. The van der Waals surface area contributed by atoms with Crippen LogP contribution in [0.15, 0.2) is 48.8 Å². The van der Waals surface area contributed by atoms with Crippen LogP contribution in [-0.4, -0.2) is 72.1 Å². The van der Waals surface area contributed by atoms with Gasteiger partial charge >= 0.3 is 0 Å². The van der Waals surface area contributed by atoms with Crippen LogP contribution in [0.5, 0.6) is 5.75 Å². The first kappa shape index (κ1) is 22.2. The lowest BCUT2D eigenvalue weighted by Crippen LogP contribution is -2.54. The predicted octanol–water partition coefficient (Wildman–Crippen LogP) is 2.00. The molecule has 1 aliphatic heterocycles. The summed E-state index contributed by atoms with van der Waals surface area (Å²) < 4.78 is 33.9. The van der Waals surface area contributed by atoms with E-state index in [1.807, 2.05) is 26.0 Å². The van der Waals surface area contributed by atoms with Crippen LogP contribution in [0.3, 0.4) is 0 Å². The quantitative estimate of drug-likeness (QED) is 0.637. The average molecular weight is 433 g/mol. The molecule has 2 heterocycles. The van der Waals surface area contributed by atoms with Crippen molar-refractivity contribution in [2.45, 2.75) is 20.5 Å². The van der Waals surface area contributed by atoms with Gasteiger partial charge in [-0.3, -0.25) is 9.78 Å². The van der Waals surface area contributed by atoms with Crippen LogP contribution in [0.4, 0.5) is 0 Å². The number of nitrogens with zero attached hydrogens (tertiary/aromatic N) is 4. The Hall–Kier alpha value is -2.49. The summed E-state index contributed by atoms with van der Waals surface area (Å²) in [6.45, 7) is 6.28. The summed E-state index contributed by atoms with van der Waals surface area (Å²) in [6.07, 6.45) is 3.46. The molecule has 1 aromatic carbocycles. The summed E-state index contributed by atoms with van der Waals surface area (Å²) in [4.78, 5) is 18.5. The number of hydrogen-bond donors (Lipinski definition) is 0. The molecule has 1 amide bonds. The van der Waals surface area contributed by atoms with Crippen LogP contribution in [0.25, 0.3) is 0 Å². The van der Waals surface area contributed by atoms with E-state index in [0.29, 0.717) is 57.2 Å². The molecule has 162 valence electrons. The largest absolute Gasteiger partial charge is 0.489 e. The lowest BCUT2D eigenvalue weighted by atomic mass is 10.2. The molecule has 1 saturated heterocycles. The number of carbonyl (C=O) groups excluding carboxylic acids is 1. The first-order valence-corrected chi connectivity index (χ1v) is 11.5. The van der Waals surface area contributed by atoms with Crippen molar-refractivity contribution in [3.8, 4) is 5.75 Å². The Kier molecular flexibility index (Phi) is 7.41. The summed E-state index contributed by atoms with van der Waals surface area (Å²) in [6, 6.07) is 10.8. The Bertz CT molecular complexity index is 923. The standard InChI is InChI=1S/C21H28N4O4S/c1-3-24(4-2)30(27,28)25-14-12-23(13-15-25)21(26)19-7-9-20(10-8-19)29-17-18-6-5-11-22-16-18/h5-11,16H,3-4,12-15,17H2,1-2H3. The zero-order valence-corrected chi connectivity index (χ0v) is 18.2. The second-order valence-electron chi connectivity index (χ2n) is 6.96. The highest BCUT2D eigenvalue weighted by Crippen LogP contribution is 2.17. The fourth-order valence-corrected chi connectivity index (χ4v) is 4.97. The number of amides is 1. The fraction of sp³-hybridized carbons (Fsp3) is 0.429. The van der Waals surface area contributed by atoms with Gasteiger partial charge in [-0.15, -0.1) is 0 Å². The topological polar surface area (TPSA) is 83.1 Å². The van der Waals surface area contributed by atoms with Crippen molar-refractivity contribution in [2.24, 2.45) is 0 Å². The van der Waals surface area contributed by atoms with Gasteiger partial charge in [-0.05, 0) is 30.3 Å². The molecule has 1 fully saturated rings. The number of piperazine rings is 1. The number of ether oxygens (including phenoxy) is 1. The average Bonchev–Trinajstić information content (AvgIpc) is 2.79. The zero-order valence-electron chi connectivity index (χ0n) is 17.4. The van der Waals surface area contributed by atoms with Crippen molar-refractivity contribution in [3.05, 3.63) is 59.9 Å². The molecule has 0 saturated carbocycles. The molecule has 9 heteroatoms. The molecule has 1 aromatic heterocycles. The van der Waals surface area contributed by atoms with Gasteiger partial charge in [0.25, 0.3) is 16.1 Å². The highest BCUT2D eigenvalue weighted by molar-refractivity contribution is 7.86. The van der Waals surface area contributed by atoms with E-state index in [4.69, 9.17) is 4.74 Å². The Balaban J connectivity index is 1.55. The molecule has 0 radical (unpaired) electrons. The third-order valence-electron chi connectivity index (χ3n) is 5.11. The summed E-state index contributed by atoms with van der Waals surface area (Å²) in [7, 11) is -3.47. The smallest absolute Gasteiger partial charge is 0.282 e. The first-order chi connectivity index (χ1) is 14.5. The maximum atomic E-state index is 12.8. The summed E-state index contributed by atoms with van der Waals surface area (Å²) in [5, 5.41) is 0. The van der Waals surface area contributed by atoms with Gasteiger partial charge in [-0.1, -0.05) is 19.9 Å². The lowest BCUT2D eigenvalue weighted by molar-refractivity contribution is 0.0694. The van der Waals surface area contributed by atoms with Crippen molar-refractivity contribution in [2.75, 3.05) is 39.3 Å². The van der Waals surface area contributed by atoms with E-state index < -0.39 is 10.2 Å². The Labute approximate surface area is 178 Å². The molecule has 0 aliphatic carbocycles. The van der Waals surface area contributed by atoms with Crippen molar-refractivity contribution in [3.63, 3.8) is 0 Å². The van der Waals surface area contributed by atoms with Gasteiger partial charge in [-0.2, -0.15) is 17.0 Å². The first-order valence-electron chi connectivity index (χ1n) is 10.1. The Morgan fingerprint density at radius 3 is 2.30 bits per heavy atom. The van der Waals surface area contributed by atoms with Crippen LogP contribution < -0.4 is 4.74 Å². The molecule has 1 aliphatic rings. The molecular formula is C21H28N4O4S. The minimum atomic E-state index is -3.47. The molecule has 3 rings (SSSR count). The fourth-order valence-electron chi connectivity index (χ4n) is 3.36. The van der Waals surface area contributed by atoms with Crippen LogP contribution in [-0.2, 0) is 16.8 Å². The molecule has 0 atom stereocenters. The van der Waals surface area contributed by atoms with Crippen molar-refractivity contribution in [1.82, 2.24) is 18.5 Å². The normalized spacial score (nSPS) is 15.4. The molecule has 0 unspecified atom stereocenters. The van der Waals surface area contributed by atoms with E-state index >= 15 is 0 Å². The van der Waals surface area contributed by atoms with Gasteiger partial charge in [0.2, 0.25) is 0 Å². The number of carbonyl (C=O) groups is 1.